The molecule has 1 saturated carbocycles. The topological polar surface area (TPSA) is 106 Å². The van der Waals surface area contributed by atoms with Crippen molar-refractivity contribution in [1.82, 2.24) is 19.9 Å². The summed E-state index contributed by atoms with van der Waals surface area (Å²) in [4.78, 5) is 45.0. The molecule has 5 atom stereocenters. The number of esters is 1. The van der Waals surface area contributed by atoms with Gasteiger partial charge < -0.3 is 15.0 Å². The maximum atomic E-state index is 14.3. The molecule has 9 nitrogen and oxygen atoms in total. The van der Waals surface area contributed by atoms with Crippen molar-refractivity contribution < 1.29 is 19.1 Å². The molecule has 0 radical (unpaired) electrons. The monoisotopic (exact) mass is 569 g/mol. The summed E-state index contributed by atoms with van der Waals surface area (Å²) in [6.45, 7) is 2.39. The van der Waals surface area contributed by atoms with E-state index in [4.69, 9.17) is 4.74 Å². The van der Waals surface area contributed by atoms with Crippen LogP contribution in [-0.2, 0) is 19.1 Å². The van der Waals surface area contributed by atoms with Gasteiger partial charge in [-0.05, 0) is 62.8 Å². The molecule has 6 rings (SSSR count). The van der Waals surface area contributed by atoms with E-state index in [2.05, 4.69) is 27.7 Å². The van der Waals surface area contributed by atoms with Gasteiger partial charge in [-0.1, -0.05) is 55.3 Å². The number of fused-ring (bicyclic) bond motifs is 3. The predicted molar refractivity (Wildman–Crippen MR) is 160 cm³/mol. The first-order valence-corrected chi connectivity index (χ1v) is 15.3. The van der Waals surface area contributed by atoms with Crippen molar-refractivity contribution in [2.45, 2.75) is 76.4 Å². The summed E-state index contributed by atoms with van der Waals surface area (Å²) in [5.74, 6) is -0.521. The van der Waals surface area contributed by atoms with Crippen LogP contribution in [0, 0.1) is 11.3 Å². The number of benzene rings is 2. The molecule has 0 unspecified atom stereocenters. The molecule has 3 heterocycles. The predicted octanol–water partition coefficient (Wildman–Crippen LogP) is 5.10. The molecule has 220 valence electrons. The van der Waals surface area contributed by atoms with Gasteiger partial charge in [0, 0.05) is 25.1 Å². The second kappa shape index (κ2) is 12.1. The number of aromatic nitrogens is 3. The SMILES string of the molecule is CCOC(=O)[C@]12CC(=O)[C@@H]3C[C@@H](n4nc5ccccc5n4)CN3C(=O)[C@@H](Nc3ccccc3)CCCCC/C=C\[C@H]1C2. The average Bonchev–Trinajstić information content (AvgIpc) is 3.32. The van der Waals surface area contributed by atoms with E-state index in [9.17, 15) is 14.4 Å². The number of hydrogen-bond acceptors (Lipinski definition) is 7. The summed E-state index contributed by atoms with van der Waals surface area (Å²) in [6, 6.07) is 16.0. The molecule has 1 aromatic heterocycles. The molecule has 3 aromatic rings. The molecule has 0 bridgehead atoms. The lowest BCUT2D eigenvalue weighted by Gasteiger charge is -2.30. The quantitative estimate of drug-likeness (QED) is 0.336. The number of Topliss-reactive ketones (excluding diaryl/α,β-unsaturated/α-hetero) is 1. The number of allylic oxidation sites excluding steroid dienone is 2. The van der Waals surface area contributed by atoms with Crippen LogP contribution in [0.15, 0.2) is 66.7 Å². The number of amides is 1. The van der Waals surface area contributed by atoms with Crippen LogP contribution in [0.5, 0.6) is 0 Å². The second-order valence-electron chi connectivity index (χ2n) is 11.9. The van der Waals surface area contributed by atoms with Gasteiger partial charge in [0.05, 0.1) is 24.1 Å². The van der Waals surface area contributed by atoms with Gasteiger partial charge in [-0.3, -0.25) is 14.4 Å². The van der Waals surface area contributed by atoms with E-state index in [0.29, 0.717) is 25.8 Å². The summed E-state index contributed by atoms with van der Waals surface area (Å²) < 4.78 is 5.46. The average molecular weight is 570 g/mol. The van der Waals surface area contributed by atoms with Crippen molar-refractivity contribution in [1.29, 1.82) is 0 Å². The Labute approximate surface area is 246 Å². The van der Waals surface area contributed by atoms with E-state index < -0.39 is 17.5 Å². The van der Waals surface area contributed by atoms with E-state index in [1.54, 1.807) is 16.6 Å². The molecule has 1 aliphatic carbocycles. The highest BCUT2D eigenvalue weighted by Crippen LogP contribution is 2.57. The molecule has 1 amide bonds. The molecule has 3 aliphatic rings. The molecule has 1 N–H and O–H groups in total. The number of para-hydroxylation sites is 1. The number of ketones is 1. The van der Waals surface area contributed by atoms with E-state index >= 15 is 0 Å². The molecule has 1 saturated heterocycles. The van der Waals surface area contributed by atoms with E-state index in [1.165, 1.54) is 0 Å². The standard InChI is InChI=1S/C33H39N5O4/c1-2-42-32(41)33-20-23(33)13-7-4-3-5-10-18-28(34-24-14-8-6-9-15-24)31(40)37-22-25(19-29(37)30(39)21-33)38-35-26-16-11-12-17-27(26)36-38/h6-9,11-17,23,25,28-29,34H,2-5,10,18-22H2,1H3/b13-7-/t23-,25+,28-,29-,33+/m0/s1. The zero-order valence-corrected chi connectivity index (χ0v) is 24.2. The zero-order chi connectivity index (χ0) is 29.1. The molecule has 2 aliphatic heterocycles. The molecule has 42 heavy (non-hydrogen) atoms. The van der Waals surface area contributed by atoms with Crippen molar-refractivity contribution in [3.8, 4) is 0 Å². The Morgan fingerprint density at radius 2 is 1.76 bits per heavy atom. The van der Waals surface area contributed by atoms with Crippen LogP contribution in [0.4, 0.5) is 5.69 Å². The number of ether oxygens (including phenoxy) is 1. The molecule has 9 heteroatoms. The summed E-state index contributed by atoms with van der Waals surface area (Å²) in [7, 11) is 0. The minimum absolute atomic E-state index is 0.0162. The van der Waals surface area contributed by atoms with Gasteiger partial charge >= 0.3 is 5.97 Å². The third-order valence-corrected chi connectivity index (χ3v) is 9.01. The van der Waals surface area contributed by atoms with Gasteiger partial charge in [-0.25, -0.2) is 0 Å². The molecular weight excluding hydrogens is 530 g/mol. The fourth-order valence-electron chi connectivity index (χ4n) is 6.61. The van der Waals surface area contributed by atoms with Crippen LogP contribution in [0.25, 0.3) is 11.0 Å². The highest BCUT2D eigenvalue weighted by atomic mass is 16.5. The minimum Gasteiger partial charge on any atom is -0.466 e. The summed E-state index contributed by atoms with van der Waals surface area (Å²) >= 11 is 0. The normalized spacial score (nSPS) is 29.2. The van der Waals surface area contributed by atoms with E-state index in [1.807, 2.05) is 54.6 Å². The van der Waals surface area contributed by atoms with Crippen LogP contribution in [0.1, 0.15) is 64.3 Å². The highest BCUT2D eigenvalue weighted by molar-refractivity contribution is 5.96. The lowest BCUT2D eigenvalue weighted by molar-refractivity contribution is -0.152. The Hall–Kier alpha value is -4.01. The Balaban J connectivity index is 1.33. The number of rotatable bonds is 5. The Kier molecular flexibility index (Phi) is 8.09. The number of hydrogen-bond donors (Lipinski definition) is 1. The van der Waals surface area contributed by atoms with Gasteiger partial charge in [0.1, 0.15) is 17.1 Å². The smallest absolute Gasteiger partial charge is 0.313 e. The van der Waals surface area contributed by atoms with Crippen LogP contribution >= 0.6 is 0 Å². The lowest BCUT2D eigenvalue weighted by atomic mass is 9.91. The molecule has 0 spiro atoms. The third kappa shape index (κ3) is 5.69. The fourth-order valence-corrected chi connectivity index (χ4v) is 6.61. The number of nitrogens with zero attached hydrogens (tertiary/aromatic N) is 4. The number of anilines is 1. The summed E-state index contributed by atoms with van der Waals surface area (Å²) in [5, 5.41) is 12.8. The van der Waals surface area contributed by atoms with Crippen molar-refractivity contribution >= 4 is 34.4 Å². The van der Waals surface area contributed by atoms with Gasteiger partial charge in [-0.2, -0.15) is 15.0 Å². The van der Waals surface area contributed by atoms with Crippen LogP contribution in [0.2, 0.25) is 0 Å². The van der Waals surface area contributed by atoms with Gasteiger partial charge in [0.25, 0.3) is 0 Å². The van der Waals surface area contributed by atoms with Crippen molar-refractivity contribution in [3.05, 3.63) is 66.7 Å². The third-order valence-electron chi connectivity index (χ3n) is 9.01. The zero-order valence-electron chi connectivity index (χ0n) is 24.2. The van der Waals surface area contributed by atoms with Crippen molar-refractivity contribution in [2.24, 2.45) is 11.3 Å². The maximum absolute atomic E-state index is 14.3. The molecular formula is C33H39N5O4. The van der Waals surface area contributed by atoms with Crippen LogP contribution < -0.4 is 5.32 Å². The maximum Gasteiger partial charge on any atom is 0.313 e. The minimum atomic E-state index is -0.850. The summed E-state index contributed by atoms with van der Waals surface area (Å²) in [5.41, 5.74) is 1.57. The molecule has 2 fully saturated rings. The van der Waals surface area contributed by atoms with E-state index in [-0.39, 0.29) is 42.6 Å². The molecule has 2 aromatic carbocycles. The number of nitrogens with one attached hydrogen (secondary N) is 1. The summed E-state index contributed by atoms with van der Waals surface area (Å²) in [6.07, 6.45) is 9.78. The van der Waals surface area contributed by atoms with Gasteiger partial charge in [0.2, 0.25) is 5.91 Å². The first kappa shape index (κ1) is 28.1. The fraction of sp³-hybridized carbons (Fsp3) is 0.485. The largest absolute Gasteiger partial charge is 0.466 e. The Morgan fingerprint density at radius 3 is 2.50 bits per heavy atom. The van der Waals surface area contributed by atoms with Crippen molar-refractivity contribution in [3.63, 3.8) is 0 Å². The lowest BCUT2D eigenvalue weighted by Crippen LogP contribution is -2.48. The van der Waals surface area contributed by atoms with Gasteiger partial charge in [-0.15, -0.1) is 0 Å². The highest BCUT2D eigenvalue weighted by Gasteiger charge is 2.61. The number of carbonyl (C=O) groups is 3. The number of carbonyl (C=O) groups excluding carboxylic acids is 3. The van der Waals surface area contributed by atoms with Gasteiger partial charge in [0.15, 0.2) is 5.78 Å². The van der Waals surface area contributed by atoms with Crippen LogP contribution in [0.3, 0.4) is 0 Å². The Bertz CT molecular complexity index is 1440. The second-order valence-corrected chi connectivity index (χ2v) is 11.9. The van der Waals surface area contributed by atoms with E-state index in [0.717, 1.165) is 42.4 Å². The Morgan fingerprint density at radius 1 is 1.02 bits per heavy atom. The van der Waals surface area contributed by atoms with Crippen molar-refractivity contribution in [2.75, 3.05) is 18.5 Å². The first-order valence-electron chi connectivity index (χ1n) is 15.3. The first-order chi connectivity index (χ1) is 20.5. The van der Waals surface area contributed by atoms with Crippen LogP contribution in [-0.4, -0.2) is 62.8 Å².